The number of amides is 1. The Kier molecular flexibility index (Phi) is 4.45. The van der Waals surface area contributed by atoms with E-state index < -0.39 is 0 Å². The maximum absolute atomic E-state index is 11.9. The van der Waals surface area contributed by atoms with Crippen LogP contribution in [0.5, 0.6) is 11.5 Å². The molecule has 0 aromatic heterocycles. The number of phenols is 2. The van der Waals surface area contributed by atoms with E-state index in [1.165, 1.54) is 18.2 Å². The van der Waals surface area contributed by atoms with Gasteiger partial charge >= 0.3 is 0 Å². The van der Waals surface area contributed by atoms with E-state index in [4.69, 9.17) is 11.6 Å². The zero-order valence-corrected chi connectivity index (χ0v) is 11.9. The summed E-state index contributed by atoms with van der Waals surface area (Å²) < 4.78 is 0. The van der Waals surface area contributed by atoms with Crippen LogP contribution >= 0.6 is 11.6 Å². The molecule has 0 fully saturated rings. The lowest BCUT2D eigenvalue weighted by molar-refractivity contribution is 0.0955. The van der Waals surface area contributed by atoms with E-state index in [1.807, 2.05) is 0 Å². The molecule has 2 aromatic carbocycles. The molecule has 0 aliphatic carbocycles. The molecular formula is C15H13ClN2O3. The van der Waals surface area contributed by atoms with Crippen LogP contribution in [0, 0.1) is 0 Å². The highest BCUT2D eigenvalue weighted by atomic mass is 35.5. The Morgan fingerprint density at radius 2 is 1.81 bits per heavy atom. The first-order valence-corrected chi connectivity index (χ1v) is 6.47. The number of carbonyl (C=O) groups excluding carboxylic acids is 1. The van der Waals surface area contributed by atoms with Crippen molar-refractivity contribution in [1.82, 2.24) is 5.43 Å². The Morgan fingerprint density at radius 3 is 2.43 bits per heavy atom. The number of aromatic hydroxyl groups is 2. The standard InChI is InChI=1S/C15H13ClN2O3/c1-9(13-7-6-12(19)8-14(13)20)17-18-15(21)10-2-4-11(16)5-3-10/h2-8,19-20H,1H3,(H,18,21)/b17-9+. The van der Waals surface area contributed by atoms with Crippen LogP contribution in [0.3, 0.4) is 0 Å². The van der Waals surface area contributed by atoms with Gasteiger partial charge in [0.2, 0.25) is 0 Å². The Morgan fingerprint density at radius 1 is 1.14 bits per heavy atom. The van der Waals surface area contributed by atoms with Crippen molar-refractivity contribution in [3.63, 3.8) is 0 Å². The molecule has 0 aliphatic heterocycles. The van der Waals surface area contributed by atoms with Gasteiger partial charge < -0.3 is 10.2 Å². The summed E-state index contributed by atoms with van der Waals surface area (Å²) in [4.78, 5) is 11.9. The molecule has 3 N–H and O–H groups in total. The van der Waals surface area contributed by atoms with Gasteiger partial charge in [-0.3, -0.25) is 4.79 Å². The van der Waals surface area contributed by atoms with Crippen molar-refractivity contribution < 1.29 is 15.0 Å². The number of hydrogen-bond donors (Lipinski definition) is 3. The SMILES string of the molecule is C/C(=N\NC(=O)c1ccc(Cl)cc1)c1ccc(O)cc1O. The van der Waals surface area contributed by atoms with Gasteiger partial charge in [0.25, 0.3) is 5.91 Å². The van der Waals surface area contributed by atoms with E-state index >= 15 is 0 Å². The zero-order chi connectivity index (χ0) is 15.4. The highest BCUT2D eigenvalue weighted by Crippen LogP contribution is 2.22. The number of halogens is 1. The number of benzene rings is 2. The van der Waals surface area contributed by atoms with E-state index in [9.17, 15) is 15.0 Å². The fraction of sp³-hybridized carbons (Fsp3) is 0.0667. The van der Waals surface area contributed by atoms with Crippen molar-refractivity contribution in [2.24, 2.45) is 5.10 Å². The molecular weight excluding hydrogens is 292 g/mol. The molecule has 0 heterocycles. The Hall–Kier alpha value is -2.53. The summed E-state index contributed by atoms with van der Waals surface area (Å²) in [7, 11) is 0. The number of hydrazone groups is 1. The molecule has 0 atom stereocenters. The van der Waals surface area contributed by atoms with Crippen molar-refractivity contribution in [3.05, 3.63) is 58.6 Å². The number of phenolic OH excluding ortho intramolecular Hbond substituents is 2. The fourth-order valence-electron chi connectivity index (χ4n) is 1.69. The van der Waals surface area contributed by atoms with Gasteiger partial charge in [0.1, 0.15) is 11.5 Å². The van der Waals surface area contributed by atoms with Crippen LogP contribution in [-0.4, -0.2) is 21.8 Å². The van der Waals surface area contributed by atoms with E-state index in [1.54, 1.807) is 31.2 Å². The summed E-state index contributed by atoms with van der Waals surface area (Å²) in [5.41, 5.74) is 3.65. The first kappa shape index (κ1) is 14.9. The molecule has 108 valence electrons. The summed E-state index contributed by atoms with van der Waals surface area (Å²) in [5.74, 6) is -0.546. The summed E-state index contributed by atoms with van der Waals surface area (Å²) in [6, 6.07) is 10.5. The monoisotopic (exact) mass is 304 g/mol. The number of hydrogen-bond acceptors (Lipinski definition) is 4. The maximum atomic E-state index is 11.9. The molecule has 1 amide bonds. The van der Waals surface area contributed by atoms with E-state index in [-0.39, 0.29) is 17.4 Å². The summed E-state index contributed by atoms with van der Waals surface area (Å²) in [6.07, 6.45) is 0. The molecule has 0 spiro atoms. The lowest BCUT2D eigenvalue weighted by atomic mass is 10.1. The predicted octanol–water partition coefficient (Wildman–Crippen LogP) is 2.91. The summed E-state index contributed by atoms with van der Waals surface area (Å²) in [6.45, 7) is 1.63. The Balaban J connectivity index is 2.12. The molecule has 5 nitrogen and oxygen atoms in total. The quantitative estimate of drug-likeness (QED) is 0.602. The molecule has 6 heteroatoms. The minimum Gasteiger partial charge on any atom is -0.508 e. The van der Waals surface area contributed by atoms with Crippen LogP contribution in [0.2, 0.25) is 5.02 Å². The fourth-order valence-corrected chi connectivity index (χ4v) is 1.81. The van der Waals surface area contributed by atoms with Crippen molar-refractivity contribution in [3.8, 4) is 11.5 Å². The van der Waals surface area contributed by atoms with Gasteiger partial charge in [-0.05, 0) is 43.3 Å². The van der Waals surface area contributed by atoms with Crippen molar-refractivity contribution in [2.45, 2.75) is 6.92 Å². The van der Waals surface area contributed by atoms with Gasteiger partial charge in [-0.25, -0.2) is 5.43 Å². The highest BCUT2D eigenvalue weighted by molar-refractivity contribution is 6.30. The topological polar surface area (TPSA) is 81.9 Å². The van der Waals surface area contributed by atoms with Crippen LogP contribution in [-0.2, 0) is 0 Å². The largest absolute Gasteiger partial charge is 0.508 e. The van der Waals surface area contributed by atoms with E-state index in [2.05, 4.69) is 10.5 Å². The molecule has 0 aliphatic rings. The molecule has 2 aromatic rings. The molecule has 0 unspecified atom stereocenters. The Bertz CT molecular complexity index is 697. The van der Waals surface area contributed by atoms with Crippen LogP contribution in [0.4, 0.5) is 0 Å². The lowest BCUT2D eigenvalue weighted by Gasteiger charge is -2.05. The maximum Gasteiger partial charge on any atom is 0.271 e. The van der Waals surface area contributed by atoms with E-state index in [0.717, 1.165) is 0 Å². The lowest BCUT2D eigenvalue weighted by Crippen LogP contribution is -2.19. The number of nitrogens with one attached hydrogen (secondary N) is 1. The third kappa shape index (κ3) is 3.73. The molecule has 21 heavy (non-hydrogen) atoms. The first-order valence-electron chi connectivity index (χ1n) is 6.10. The minimum absolute atomic E-state index is 0.0470. The minimum atomic E-state index is -0.385. The molecule has 2 rings (SSSR count). The number of carbonyl (C=O) groups is 1. The van der Waals surface area contributed by atoms with Crippen LogP contribution in [0.1, 0.15) is 22.8 Å². The van der Waals surface area contributed by atoms with Crippen LogP contribution in [0.25, 0.3) is 0 Å². The van der Waals surface area contributed by atoms with Gasteiger partial charge in [-0.2, -0.15) is 5.10 Å². The smallest absolute Gasteiger partial charge is 0.271 e. The first-order chi connectivity index (χ1) is 9.97. The molecule has 0 radical (unpaired) electrons. The third-order valence-electron chi connectivity index (χ3n) is 2.80. The van der Waals surface area contributed by atoms with Gasteiger partial charge in [0, 0.05) is 22.2 Å². The zero-order valence-electron chi connectivity index (χ0n) is 11.2. The normalized spacial score (nSPS) is 11.2. The summed E-state index contributed by atoms with van der Waals surface area (Å²) in [5, 5.41) is 23.4. The Labute approximate surface area is 126 Å². The van der Waals surface area contributed by atoms with Gasteiger partial charge in [-0.15, -0.1) is 0 Å². The third-order valence-corrected chi connectivity index (χ3v) is 3.05. The van der Waals surface area contributed by atoms with E-state index in [0.29, 0.717) is 21.9 Å². The van der Waals surface area contributed by atoms with Crippen molar-refractivity contribution in [1.29, 1.82) is 0 Å². The van der Waals surface area contributed by atoms with Gasteiger partial charge in [0.05, 0.1) is 5.71 Å². The highest BCUT2D eigenvalue weighted by Gasteiger charge is 2.08. The number of nitrogens with zero attached hydrogens (tertiary/aromatic N) is 1. The average Bonchev–Trinajstić information content (AvgIpc) is 2.45. The van der Waals surface area contributed by atoms with Crippen molar-refractivity contribution in [2.75, 3.05) is 0 Å². The average molecular weight is 305 g/mol. The van der Waals surface area contributed by atoms with Gasteiger partial charge in [-0.1, -0.05) is 11.6 Å². The molecule has 0 saturated carbocycles. The number of rotatable bonds is 3. The predicted molar refractivity (Wildman–Crippen MR) is 80.9 cm³/mol. The second kappa shape index (κ2) is 6.28. The second-order valence-corrected chi connectivity index (χ2v) is 4.78. The summed E-state index contributed by atoms with van der Waals surface area (Å²) >= 11 is 5.75. The van der Waals surface area contributed by atoms with Crippen LogP contribution < -0.4 is 5.43 Å². The van der Waals surface area contributed by atoms with Gasteiger partial charge in [0.15, 0.2) is 0 Å². The molecule has 0 bridgehead atoms. The molecule has 0 saturated heterocycles. The van der Waals surface area contributed by atoms with Crippen molar-refractivity contribution >= 4 is 23.2 Å². The second-order valence-electron chi connectivity index (χ2n) is 4.35. The van der Waals surface area contributed by atoms with Crippen LogP contribution in [0.15, 0.2) is 47.6 Å².